The molecule has 3 aromatic heterocycles. The summed E-state index contributed by atoms with van der Waals surface area (Å²) in [6.07, 6.45) is 4.12. The van der Waals surface area contributed by atoms with Crippen LogP contribution >= 0.6 is 0 Å². The molecule has 0 aliphatic heterocycles. The lowest BCUT2D eigenvalue weighted by molar-refractivity contribution is 0.100. The van der Waals surface area contributed by atoms with E-state index >= 15 is 4.39 Å². The zero-order valence-corrected chi connectivity index (χ0v) is 19.5. The Kier molecular flexibility index (Phi) is 6.37. The standard InChI is InChI=1S/C22H21F2N7O3S/c1-12-3-4-17(16(23)7-12)29-22-15(20(25)32)9-14(18-10-27-11-31(18)22)8-13-5-6-28-21(19(13)24)30-35(33,34)26-2/h3-7,9-11,26,29H,8H2,1-2H3,(H2,25,32)(H,28,30). The van der Waals surface area contributed by atoms with Crippen LogP contribution in [-0.2, 0) is 16.6 Å². The molecule has 4 aromatic rings. The minimum Gasteiger partial charge on any atom is -0.365 e. The fraction of sp³-hybridized carbons (Fsp3) is 0.136. The minimum absolute atomic E-state index is 0.0241. The van der Waals surface area contributed by atoms with Crippen LogP contribution in [0, 0.1) is 18.6 Å². The molecule has 0 unspecified atom stereocenters. The summed E-state index contributed by atoms with van der Waals surface area (Å²) in [6.45, 7) is 1.75. The third-order valence-corrected chi connectivity index (χ3v) is 6.27. The predicted octanol–water partition coefficient (Wildman–Crippen LogP) is 2.63. The molecule has 0 bridgehead atoms. The quantitative estimate of drug-likeness (QED) is 0.292. The molecule has 10 nitrogen and oxygen atoms in total. The molecule has 0 aliphatic rings. The highest BCUT2D eigenvalue weighted by atomic mass is 32.2. The van der Waals surface area contributed by atoms with Crippen molar-refractivity contribution in [3.63, 3.8) is 0 Å². The lowest BCUT2D eigenvalue weighted by Crippen LogP contribution is -2.27. The van der Waals surface area contributed by atoms with E-state index in [9.17, 15) is 17.6 Å². The lowest BCUT2D eigenvalue weighted by atomic mass is 10.0. The first-order valence-electron chi connectivity index (χ1n) is 10.2. The number of fused-ring (bicyclic) bond motifs is 1. The Hall–Kier alpha value is -4.10. The normalized spacial score (nSPS) is 11.5. The SMILES string of the molecule is CNS(=O)(=O)Nc1nccc(Cc2cc(C(N)=O)c(Nc3ccc(C)cc3F)n3cncc23)c1F. The number of anilines is 3. The van der Waals surface area contributed by atoms with Gasteiger partial charge in [-0.3, -0.25) is 13.9 Å². The maximum Gasteiger partial charge on any atom is 0.300 e. The molecule has 4 rings (SSSR count). The highest BCUT2D eigenvalue weighted by Gasteiger charge is 2.20. The third-order valence-electron chi connectivity index (χ3n) is 5.28. The summed E-state index contributed by atoms with van der Waals surface area (Å²) in [5, 5.41) is 2.90. The summed E-state index contributed by atoms with van der Waals surface area (Å²) in [5.74, 6) is -2.49. The molecule has 3 heterocycles. The number of nitrogens with zero attached hydrogens (tertiary/aromatic N) is 3. The second kappa shape index (κ2) is 9.27. The van der Waals surface area contributed by atoms with Gasteiger partial charge < -0.3 is 11.1 Å². The van der Waals surface area contributed by atoms with Crippen molar-refractivity contribution in [1.82, 2.24) is 19.1 Å². The molecule has 1 aromatic carbocycles. The van der Waals surface area contributed by atoms with Crippen molar-refractivity contribution in [2.45, 2.75) is 13.3 Å². The number of amides is 1. The van der Waals surface area contributed by atoms with Crippen molar-refractivity contribution in [3.05, 3.63) is 82.9 Å². The van der Waals surface area contributed by atoms with Gasteiger partial charge in [0.15, 0.2) is 11.6 Å². The van der Waals surface area contributed by atoms with Gasteiger partial charge >= 0.3 is 0 Å². The summed E-state index contributed by atoms with van der Waals surface area (Å²) in [6, 6.07) is 7.44. The van der Waals surface area contributed by atoms with Crippen LogP contribution in [0.1, 0.15) is 27.0 Å². The Labute approximate surface area is 199 Å². The van der Waals surface area contributed by atoms with E-state index < -0.39 is 33.6 Å². The molecule has 0 saturated carbocycles. The van der Waals surface area contributed by atoms with Crippen LogP contribution in [0.2, 0.25) is 0 Å². The summed E-state index contributed by atoms with van der Waals surface area (Å²) < 4.78 is 58.6. The molecule has 35 heavy (non-hydrogen) atoms. The van der Waals surface area contributed by atoms with Crippen molar-refractivity contribution in [2.24, 2.45) is 5.73 Å². The van der Waals surface area contributed by atoms with Crippen molar-refractivity contribution in [3.8, 4) is 0 Å². The molecule has 0 fully saturated rings. The fourth-order valence-corrected chi connectivity index (χ4v) is 4.04. The van der Waals surface area contributed by atoms with E-state index in [0.29, 0.717) is 11.1 Å². The molecular weight excluding hydrogens is 480 g/mol. The number of carbonyl (C=O) groups excluding carboxylic acids is 1. The molecule has 182 valence electrons. The Morgan fingerprint density at radius 2 is 1.94 bits per heavy atom. The number of primary amides is 1. The van der Waals surface area contributed by atoms with Crippen molar-refractivity contribution in [2.75, 3.05) is 17.1 Å². The number of rotatable bonds is 8. The number of aryl methyl sites for hydroxylation is 1. The molecule has 0 radical (unpaired) electrons. The molecule has 5 N–H and O–H groups in total. The van der Waals surface area contributed by atoms with E-state index in [-0.39, 0.29) is 29.1 Å². The monoisotopic (exact) mass is 501 g/mol. The lowest BCUT2D eigenvalue weighted by Gasteiger charge is -2.17. The number of nitrogens with two attached hydrogens (primary N) is 1. The zero-order chi connectivity index (χ0) is 25.3. The summed E-state index contributed by atoms with van der Waals surface area (Å²) in [7, 11) is -2.82. The highest BCUT2D eigenvalue weighted by molar-refractivity contribution is 7.90. The average molecular weight is 502 g/mol. The number of nitrogens with one attached hydrogen (secondary N) is 3. The number of pyridine rings is 2. The van der Waals surface area contributed by atoms with Crippen LogP contribution in [0.15, 0.2) is 49.1 Å². The van der Waals surface area contributed by atoms with Gasteiger partial charge in [0.1, 0.15) is 18.0 Å². The predicted molar refractivity (Wildman–Crippen MR) is 127 cm³/mol. The van der Waals surface area contributed by atoms with Crippen LogP contribution in [0.5, 0.6) is 0 Å². The van der Waals surface area contributed by atoms with Gasteiger partial charge in [-0.2, -0.15) is 8.42 Å². The van der Waals surface area contributed by atoms with Gasteiger partial charge in [0.05, 0.1) is 23.0 Å². The molecule has 13 heteroatoms. The fourth-order valence-electron chi connectivity index (χ4n) is 3.54. The number of benzene rings is 1. The smallest absolute Gasteiger partial charge is 0.300 e. The first-order valence-corrected chi connectivity index (χ1v) is 11.7. The molecule has 0 atom stereocenters. The van der Waals surface area contributed by atoms with Gasteiger partial charge in [-0.05, 0) is 47.9 Å². The first kappa shape index (κ1) is 24.0. The number of carbonyl (C=O) groups is 1. The zero-order valence-electron chi connectivity index (χ0n) is 18.6. The first-order chi connectivity index (χ1) is 16.6. The maximum absolute atomic E-state index is 15.1. The third kappa shape index (κ3) is 4.90. The van der Waals surface area contributed by atoms with Crippen LogP contribution in [0.3, 0.4) is 0 Å². The summed E-state index contributed by atoms with van der Waals surface area (Å²) in [4.78, 5) is 20.2. The van der Waals surface area contributed by atoms with Crippen LogP contribution in [-0.4, -0.2) is 35.7 Å². The number of hydrogen-bond acceptors (Lipinski definition) is 6. The van der Waals surface area contributed by atoms with E-state index in [2.05, 4.69) is 15.3 Å². The van der Waals surface area contributed by atoms with E-state index in [1.54, 1.807) is 13.0 Å². The maximum atomic E-state index is 15.1. The largest absolute Gasteiger partial charge is 0.365 e. The van der Waals surface area contributed by atoms with Crippen LogP contribution < -0.4 is 20.5 Å². The summed E-state index contributed by atoms with van der Waals surface area (Å²) in [5.41, 5.74) is 7.57. The second-order valence-electron chi connectivity index (χ2n) is 7.67. The van der Waals surface area contributed by atoms with E-state index in [1.807, 2.05) is 9.44 Å². The van der Waals surface area contributed by atoms with Crippen molar-refractivity contribution >= 4 is 39.0 Å². The molecule has 0 spiro atoms. The van der Waals surface area contributed by atoms with Crippen LogP contribution in [0.4, 0.5) is 26.1 Å². The molecule has 1 amide bonds. The Balaban J connectivity index is 1.79. The van der Waals surface area contributed by atoms with Gasteiger partial charge in [-0.15, -0.1) is 0 Å². The van der Waals surface area contributed by atoms with Gasteiger partial charge in [-0.1, -0.05) is 6.07 Å². The van der Waals surface area contributed by atoms with Crippen molar-refractivity contribution in [1.29, 1.82) is 0 Å². The molecular formula is C22H21F2N7O3S. The Morgan fingerprint density at radius 3 is 2.63 bits per heavy atom. The van der Waals surface area contributed by atoms with E-state index in [1.165, 1.54) is 54.4 Å². The topological polar surface area (TPSA) is 144 Å². The Bertz CT molecular complexity index is 1550. The number of aromatic nitrogens is 3. The van der Waals surface area contributed by atoms with Gasteiger partial charge in [0.2, 0.25) is 0 Å². The Morgan fingerprint density at radius 1 is 1.17 bits per heavy atom. The second-order valence-corrected chi connectivity index (χ2v) is 9.29. The van der Waals surface area contributed by atoms with E-state index in [4.69, 9.17) is 5.73 Å². The number of halogens is 2. The van der Waals surface area contributed by atoms with Crippen molar-refractivity contribution < 1.29 is 22.0 Å². The number of imidazole rings is 1. The van der Waals surface area contributed by atoms with Crippen LogP contribution in [0.25, 0.3) is 5.52 Å². The number of hydrogen-bond donors (Lipinski definition) is 4. The van der Waals surface area contributed by atoms with E-state index in [0.717, 1.165) is 5.56 Å². The average Bonchev–Trinajstić information content (AvgIpc) is 3.29. The van der Waals surface area contributed by atoms with Gasteiger partial charge in [-0.25, -0.2) is 23.5 Å². The highest BCUT2D eigenvalue weighted by Crippen LogP contribution is 2.29. The summed E-state index contributed by atoms with van der Waals surface area (Å²) >= 11 is 0. The molecule has 0 aliphatic carbocycles. The minimum atomic E-state index is -3.99. The van der Waals surface area contributed by atoms with Gasteiger partial charge in [0, 0.05) is 19.7 Å². The van der Waals surface area contributed by atoms with Gasteiger partial charge in [0.25, 0.3) is 16.1 Å². The molecule has 0 saturated heterocycles.